The summed E-state index contributed by atoms with van der Waals surface area (Å²) < 4.78 is 50.6. The van der Waals surface area contributed by atoms with Crippen LogP contribution >= 0.6 is 0 Å². The van der Waals surface area contributed by atoms with E-state index < -0.39 is 7.25 Å². The fraction of sp³-hybridized carbons (Fsp3) is 0.353. The van der Waals surface area contributed by atoms with Gasteiger partial charge in [-0.3, -0.25) is 0 Å². The third-order valence-corrected chi connectivity index (χ3v) is 3.75. The Labute approximate surface area is 143 Å². The Kier molecular flexibility index (Phi) is 5.30. The molecule has 1 aromatic heterocycles. The minimum absolute atomic E-state index is 0.0236. The summed E-state index contributed by atoms with van der Waals surface area (Å²) in [7, 11) is -6.00. The van der Waals surface area contributed by atoms with E-state index in [-0.39, 0.29) is 11.2 Å². The second kappa shape index (κ2) is 6.94. The molecule has 1 aromatic carbocycles. The van der Waals surface area contributed by atoms with Gasteiger partial charge in [-0.25, -0.2) is 4.42 Å². The molecule has 0 bridgehead atoms. The lowest BCUT2D eigenvalue weighted by Crippen LogP contribution is -2.23. The predicted octanol–water partition coefficient (Wildman–Crippen LogP) is 5.78. The smallest absolute Gasteiger partial charge is 0.508 e. The molecule has 0 unspecified atom stereocenters. The van der Waals surface area contributed by atoms with Gasteiger partial charge in [0, 0.05) is 11.8 Å². The van der Waals surface area contributed by atoms with Gasteiger partial charge in [0.05, 0.1) is 29.7 Å². The Bertz CT molecular complexity index is 794. The largest absolute Gasteiger partial charge is 0.673 e. The van der Waals surface area contributed by atoms with Crippen LogP contribution in [0.4, 0.5) is 17.3 Å². The van der Waals surface area contributed by atoms with E-state index in [9.17, 15) is 22.4 Å². The highest BCUT2D eigenvalue weighted by molar-refractivity contribution is 6.50. The molecular weight excluding hydrogens is 339 g/mol. The summed E-state index contributed by atoms with van der Waals surface area (Å²) in [5.41, 5.74) is 1.84. The van der Waals surface area contributed by atoms with Gasteiger partial charge in [-0.1, -0.05) is 13.8 Å². The van der Waals surface area contributed by atoms with Crippen LogP contribution in [-0.2, 0) is 10.2 Å². The van der Waals surface area contributed by atoms with E-state index in [1.807, 2.05) is 19.1 Å². The van der Waals surface area contributed by atoms with Gasteiger partial charge in [-0.05, 0) is 25.1 Å². The molecule has 0 fully saturated rings. The number of phenols is 1. The van der Waals surface area contributed by atoms with E-state index in [1.54, 1.807) is 12.1 Å². The molecule has 1 aliphatic rings. The van der Waals surface area contributed by atoms with E-state index in [0.29, 0.717) is 12.2 Å². The first kappa shape index (κ1) is 19.1. The highest BCUT2D eigenvalue weighted by Crippen LogP contribution is 2.40. The molecule has 0 spiro atoms. The van der Waals surface area contributed by atoms with Gasteiger partial charge in [-0.2, -0.15) is 0 Å². The van der Waals surface area contributed by atoms with Crippen molar-refractivity contribution in [1.29, 1.82) is 0 Å². The van der Waals surface area contributed by atoms with E-state index in [1.165, 1.54) is 5.56 Å². The van der Waals surface area contributed by atoms with E-state index >= 15 is 0 Å². The van der Waals surface area contributed by atoms with Crippen molar-refractivity contribution in [3.8, 4) is 5.75 Å². The highest BCUT2D eigenvalue weighted by atomic mass is 19.5. The van der Waals surface area contributed by atoms with Crippen molar-refractivity contribution in [3.63, 3.8) is 0 Å². The van der Waals surface area contributed by atoms with Crippen LogP contribution in [0.15, 0.2) is 34.4 Å². The Hall–Kier alpha value is -2.25. The minimum atomic E-state index is -6.00. The fourth-order valence-electron chi connectivity index (χ4n) is 2.77. The Morgan fingerprint density at radius 2 is 1.84 bits per heavy atom. The van der Waals surface area contributed by atoms with Crippen molar-refractivity contribution in [2.24, 2.45) is 0 Å². The van der Waals surface area contributed by atoms with Crippen molar-refractivity contribution in [3.05, 3.63) is 41.3 Å². The molecule has 3 rings (SSSR count). The lowest BCUT2D eigenvalue weighted by Gasteiger charge is -2.27. The first-order valence-corrected chi connectivity index (χ1v) is 7.80. The molecule has 2 aromatic rings. The van der Waals surface area contributed by atoms with Gasteiger partial charge in [0.15, 0.2) is 0 Å². The predicted molar refractivity (Wildman–Crippen MR) is 89.7 cm³/mol. The maximum Gasteiger partial charge on any atom is 0.673 e. The van der Waals surface area contributed by atoms with Crippen LogP contribution in [-0.4, -0.2) is 19.0 Å². The number of ether oxygens (including phenoxy) is 1. The van der Waals surface area contributed by atoms with Crippen LogP contribution in [0.2, 0.25) is 0 Å². The van der Waals surface area contributed by atoms with Crippen molar-refractivity contribution in [2.75, 3.05) is 6.61 Å². The van der Waals surface area contributed by atoms with E-state index in [0.717, 1.165) is 23.3 Å². The third-order valence-electron chi connectivity index (χ3n) is 3.75. The minimum Gasteiger partial charge on any atom is -0.508 e. The zero-order valence-electron chi connectivity index (χ0n) is 14.2. The molecule has 1 heterocycles. The number of hydrogen-bond donors (Lipinski definition) is 1. The molecule has 1 aliphatic carbocycles. The van der Waals surface area contributed by atoms with Gasteiger partial charge in [0.2, 0.25) is 0 Å². The molecule has 136 valence electrons. The second-order valence-corrected chi connectivity index (χ2v) is 6.35. The van der Waals surface area contributed by atoms with Crippen molar-refractivity contribution in [2.45, 2.75) is 32.6 Å². The molecule has 0 amide bonds. The molecule has 3 nitrogen and oxygen atoms in total. The van der Waals surface area contributed by atoms with Gasteiger partial charge < -0.3 is 27.1 Å². The quantitative estimate of drug-likeness (QED) is 0.420. The number of rotatable bonds is 2. The van der Waals surface area contributed by atoms with Crippen molar-refractivity contribution in [1.82, 2.24) is 0 Å². The number of phenolic OH excluding ortho intramolecular Hbond substituents is 1. The topological polar surface area (TPSA) is 40.8 Å². The fourth-order valence-corrected chi connectivity index (χ4v) is 2.77. The van der Waals surface area contributed by atoms with Gasteiger partial charge in [0.1, 0.15) is 11.5 Å². The molecule has 25 heavy (non-hydrogen) atoms. The second-order valence-electron chi connectivity index (χ2n) is 6.35. The zero-order valence-corrected chi connectivity index (χ0v) is 14.2. The first-order chi connectivity index (χ1) is 11.5. The normalized spacial score (nSPS) is 15.7. The molecule has 0 atom stereocenters. The van der Waals surface area contributed by atoms with Crippen LogP contribution in [0.25, 0.3) is 17.0 Å². The molecule has 0 aliphatic heterocycles. The Morgan fingerprint density at radius 1 is 1.20 bits per heavy atom. The molecule has 0 radical (unpaired) electrons. The van der Waals surface area contributed by atoms with E-state index in [4.69, 9.17) is 9.15 Å². The molecule has 0 saturated heterocycles. The van der Waals surface area contributed by atoms with Crippen LogP contribution in [0, 0.1) is 0 Å². The molecular formula is C17H19BF4O3. The Morgan fingerprint density at radius 3 is 2.44 bits per heavy atom. The summed E-state index contributed by atoms with van der Waals surface area (Å²) in [5, 5.41) is 10.6. The number of aromatic hydroxyl groups is 1. The number of allylic oxidation sites excluding steroid dienone is 1. The maximum absolute atomic E-state index is 9.75. The van der Waals surface area contributed by atoms with Crippen LogP contribution in [0.1, 0.15) is 38.5 Å². The van der Waals surface area contributed by atoms with Gasteiger partial charge in [0.25, 0.3) is 0 Å². The molecule has 8 heteroatoms. The summed E-state index contributed by atoms with van der Waals surface area (Å²) in [6.45, 7) is 7.03. The summed E-state index contributed by atoms with van der Waals surface area (Å²) in [5.74, 6) is 1.99. The summed E-state index contributed by atoms with van der Waals surface area (Å²) in [4.78, 5) is 0. The Balaban J connectivity index is 0.000000399. The van der Waals surface area contributed by atoms with Gasteiger partial charge >= 0.3 is 18.6 Å². The third kappa shape index (κ3) is 5.11. The first-order valence-electron chi connectivity index (χ1n) is 7.80. The average molecular weight is 358 g/mol. The monoisotopic (exact) mass is 358 g/mol. The standard InChI is InChI=1S/C17H18O3.BF4/c1-4-19-13-9-16-14(17(2,3)10-13)7-11-5-6-12(18)8-15(11)20-16;2-1(3,4)5/h5-9H,4,10H2,1-3H3;/q;-1/p+1. The van der Waals surface area contributed by atoms with Crippen LogP contribution in [0.3, 0.4) is 0 Å². The van der Waals surface area contributed by atoms with Crippen LogP contribution in [0.5, 0.6) is 5.75 Å². The van der Waals surface area contributed by atoms with E-state index in [2.05, 4.69) is 19.9 Å². The number of benzene rings is 1. The average Bonchev–Trinajstić information content (AvgIpc) is 2.43. The lowest BCUT2D eigenvalue weighted by atomic mass is 9.77. The number of fused-ring (bicyclic) bond motifs is 2. The summed E-state index contributed by atoms with van der Waals surface area (Å²) in [6.07, 6.45) is 2.83. The number of halogens is 4. The van der Waals surface area contributed by atoms with Crippen LogP contribution < -0.4 is 0 Å². The molecule has 1 N–H and O–H groups in total. The zero-order chi connectivity index (χ0) is 18.8. The number of hydrogen-bond acceptors (Lipinski definition) is 2. The molecule has 0 saturated carbocycles. The maximum atomic E-state index is 9.75. The van der Waals surface area contributed by atoms with Crippen molar-refractivity contribution >= 4 is 24.3 Å². The lowest BCUT2D eigenvalue weighted by molar-refractivity contribution is 0.203. The van der Waals surface area contributed by atoms with Crippen molar-refractivity contribution < 1.29 is 31.5 Å². The highest BCUT2D eigenvalue weighted by Gasteiger charge is 2.36. The summed E-state index contributed by atoms with van der Waals surface area (Å²) >= 11 is 0. The van der Waals surface area contributed by atoms with Gasteiger partial charge in [-0.15, -0.1) is 0 Å². The SMILES string of the molecule is CCOC1=Cc2[o+]c3cc(O)ccc3cc2C(C)(C)C1.F[B-](F)(F)F. The summed E-state index contributed by atoms with van der Waals surface area (Å²) in [6, 6.07) is 7.35.